The van der Waals surface area contributed by atoms with Gasteiger partial charge in [0.2, 0.25) is 0 Å². The molecule has 4 heteroatoms. The topological polar surface area (TPSA) is 18.5 Å². The van der Waals surface area contributed by atoms with Gasteiger partial charge in [-0.3, -0.25) is 10.0 Å². The molecule has 0 spiro atoms. The van der Waals surface area contributed by atoms with Crippen LogP contribution < -0.4 is 5.32 Å². The summed E-state index contributed by atoms with van der Waals surface area (Å²) in [5.74, 6) is 0. The first-order valence-corrected chi connectivity index (χ1v) is 5.82. The molecule has 2 aliphatic rings. The molecule has 0 radical (unpaired) electrons. The van der Waals surface area contributed by atoms with Crippen LogP contribution in [0.25, 0.3) is 5.70 Å². The van der Waals surface area contributed by atoms with Crippen LogP contribution in [0, 0.1) is 0 Å². The predicted octanol–water partition coefficient (Wildman–Crippen LogP) is 2.29. The predicted molar refractivity (Wildman–Crippen MR) is 69.7 cm³/mol. The first-order valence-electron chi connectivity index (χ1n) is 5.41. The summed E-state index contributed by atoms with van der Waals surface area (Å²) in [5, 5.41) is 8.31. The number of hydrogen-bond acceptors (Lipinski definition) is 2. The van der Waals surface area contributed by atoms with E-state index in [1.165, 1.54) is 0 Å². The average molecular weight is 231 g/mol. The Hall–Kier alpha value is -1.55. The van der Waals surface area contributed by atoms with Crippen LogP contribution in [0.3, 0.4) is 0 Å². The molecule has 0 atom stereocenters. The quantitative estimate of drug-likeness (QED) is 0.690. The van der Waals surface area contributed by atoms with Gasteiger partial charge in [-0.1, -0.05) is 24.8 Å². The lowest BCUT2D eigenvalue weighted by molar-refractivity contribution is 0.197. The van der Waals surface area contributed by atoms with Crippen molar-refractivity contribution in [3.8, 4) is 0 Å². The van der Waals surface area contributed by atoms with E-state index in [9.17, 15) is 0 Å². The highest BCUT2D eigenvalue weighted by Gasteiger charge is 2.29. The maximum Gasteiger partial charge on any atom is 0.192 e. The second-order valence-electron chi connectivity index (χ2n) is 4.02. The molecule has 16 heavy (non-hydrogen) atoms. The van der Waals surface area contributed by atoms with Crippen molar-refractivity contribution in [1.29, 1.82) is 0 Å². The van der Waals surface area contributed by atoms with E-state index in [-0.39, 0.29) is 0 Å². The summed E-state index contributed by atoms with van der Waals surface area (Å²) >= 11 is 5.39. The maximum absolute atomic E-state index is 5.39. The van der Waals surface area contributed by atoms with Crippen LogP contribution in [0.15, 0.2) is 30.8 Å². The molecule has 1 fully saturated rings. The number of nitrogens with zero attached hydrogens (tertiary/aromatic N) is 2. The first-order chi connectivity index (χ1) is 7.77. The number of thiocarbonyl (C=S) groups is 1. The minimum absolute atomic E-state index is 0.767. The van der Waals surface area contributed by atoms with Gasteiger partial charge in [-0.25, -0.2) is 0 Å². The van der Waals surface area contributed by atoms with E-state index in [1.807, 2.05) is 18.2 Å². The molecule has 0 bridgehead atoms. The third-order valence-electron chi connectivity index (χ3n) is 3.06. The molecule has 3 nitrogen and oxygen atoms in total. The lowest BCUT2D eigenvalue weighted by atomic mass is 10.1. The van der Waals surface area contributed by atoms with Crippen molar-refractivity contribution in [2.75, 3.05) is 18.4 Å². The van der Waals surface area contributed by atoms with Gasteiger partial charge in [0.05, 0.1) is 5.70 Å². The van der Waals surface area contributed by atoms with Crippen molar-refractivity contribution in [1.82, 2.24) is 10.0 Å². The summed E-state index contributed by atoms with van der Waals surface area (Å²) in [6.45, 7) is 6.14. The summed E-state index contributed by atoms with van der Waals surface area (Å²) in [6.07, 6.45) is 1.13. The Bertz CT molecular complexity index is 469. The number of benzene rings is 1. The third-order valence-corrected chi connectivity index (χ3v) is 3.37. The van der Waals surface area contributed by atoms with Crippen molar-refractivity contribution in [2.45, 2.75) is 6.42 Å². The highest BCUT2D eigenvalue weighted by molar-refractivity contribution is 7.80. The smallest absolute Gasteiger partial charge is 0.192 e. The van der Waals surface area contributed by atoms with Gasteiger partial charge in [0, 0.05) is 24.3 Å². The Labute approximate surface area is 100 Å². The number of para-hydroxylation sites is 1. The minimum Gasteiger partial charge on any atom is -0.331 e. The summed E-state index contributed by atoms with van der Waals surface area (Å²) in [5.41, 5.74) is 3.21. The Morgan fingerprint density at radius 1 is 1.19 bits per heavy atom. The van der Waals surface area contributed by atoms with E-state index in [2.05, 4.69) is 28.0 Å². The van der Waals surface area contributed by atoms with Crippen molar-refractivity contribution in [3.63, 3.8) is 0 Å². The molecule has 0 unspecified atom stereocenters. The maximum atomic E-state index is 5.39. The fourth-order valence-corrected chi connectivity index (χ4v) is 2.57. The van der Waals surface area contributed by atoms with Crippen molar-refractivity contribution in [3.05, 3.63) is 36.4 Å². The van der Waals surface area contributed by atoms with Crippen molar-refractivity contribution >= 4 is 28.7 Å². The van der Waals surface area contributed by atoms with E-state index in [0.717, 1.165) is 41.6 Å². The van der Waals surface area contributed by atoms with Crippen LogP contribution in [0.4, 0.5) is 5.69 Å². The molecule has 1 aromatic carbocycles. The molecule has 0 aliphatic carbocycles. The fraction of sp³-hybridized carbons (Fsp3) is 0.250. The van der Waals surface area contributed by atoms with Gasteiger partial charge >= 0.3 is 0 Å². The Morgan fingerprint density at radius 2 is 1.94 bits per heavy atom. The Morgan fingerprint density at radius 3 is 2.81 bits per heavy atom. The third kappa shape index (κ3) is 1.30. The van der Waals surface area contributed by atoms with Crippen LogP contribution >= 0.6 is 12.2 Å². The number of hydrogen-bond donors (Lipinski definition) is 1. The number of nitrogens with one attached hydrogen (secondary N) is 1. The monoisotopic (exact) mass is 231 g/mol. The van der Waals surface area contributed by atoms with Gasteiger partial charge in [0.15, 0.2) is 5.11 Å². The van der Waals surface area contributed by atoms with E-state index in [4.69, 9.17) is 12.2 Å². The summed E-state index contributed by atoms with van der Waals surface area (Å²) < 4.78 is 0. The Balaban J connectivity index is 2.11. The van der Waals surface area contributed by atoms with Crippen molar-refractivity contribution < 1.29 is 0 Å². The summed E-state index contributed by atoms with van der Waals surface area (Å²) in [4.78, 5) is 0. The minimum atomic E-state index is 0.767. The normalized spacial score (nSPS) is 19.0. The van der Waals surface area contributed by atoms with E-state index >= 15 is 0 Å². The zero-order chi connectivity index (χ0) is 11.1. The zero-order valence-electron chi connectivity index (χ0n) is 8.94. The molecule has 0 amide bonds. The van der Waals surface area contributed by atoms with Crippen LogP contribution in [-0.4, -0.2) is 28.2 Å². The molecule has 0 saturated carbocycles. The standard InChI is InChI=1S/C12H13N3S/c1-9-10-5-2-3-6-11(10)13-12(16)15-8-4-7-14(9)15/h2-3,5-6H,1,4,7-8H2,(H,13,16). The second kappa shape index (κ2) is 3.49. The summed E-state index contributed by atoms with van der Waals surface area (Å²) in [6, 6.07) is 8.15. The SMILES string of the molecule is C=C1c2ccccc2NC(=S)N2CCCN12. The number of hydrazine groups is 1. The zero-order valence-corrected chi connectivity index (χ0v) is 9.76. The molecular weight excluding hydrogens is 218 g/mol. The highest BCUT2D eigenvalue weighted by atomic mass is 32.1. The van der Waals surface area contributed by atoms with Gasteiger partial charge in [-0.2, -0.15) is 0 Å². The fourth-order valence-electron chi connectivity index (χ4n) is 2.27. The van der Waals surface area contributed by atoms with Gasteiger partial charge in [-0.05, 0) is 24.7 Å². The van der Waals surface area contributed by atoms with E-state index in [1.54, 1.807) is 0 Å². The first kappa shape index (κ1) is 9.66. The largest absolute Gasteiger partial charge is 0.331 e. The van der Waals surface area contributed by atoms with Crippen LogP contribution in [0.5, 0.6) is 0 Å². The summed E-state index contributed by atoms with van der Waals surface area (Å²) in [7, 11) is 0. The van der Waals surface area contributed by atoms with Gasteiger partial charge in [0.1, 0.15) is 0 Å². The molecular formula is C12H13N3S. The molecule has 1 aromatic rings. The van der Waals surface area contributed by atoms with Gasteiger partial charge < -0.3 is 5.32 Å². The molecule has 3 rings (SSSR count). The van der Waals surface area contributed by atoms with Gasteiger partial charge in [0.25, 0.3) is 0 Å². The highest BCUT2D eigenvalue weighted by Crippen LogP contribution is 2.32. The number of fused-ring (bicyclic) bond motifs is 2. The number of rotatable bonds is 0. The molecule has 82 valence electrons. The van der Waals surface area contributed by atoms with E-state index < -0.39 is 0 Å². The van der Waals surface area contributed by atoms with Crippen LogP contribution in [0.1, 0.15) is 12.0 Å². The van der Waals surface area contributed by atoms with Crippen LogP contribution in [-0.2, 0) is 0 Å². The second-order valence-corrected chi connectivity index (χ2v) is 4.41. The lowest BCUT2D eigenvalue weighted by Crippen LogP contribution is -2.40. The molecule has 1 N–H and O–H groups in total. The average Bonchev–Trinajstić information content (AvgIpc) is 2.74. The Kier molecular flexibility index (Phi) is 2.11. The number of anilines is 1. The lowest BCUT2D eigenvalue weighted by Gasteiger charge is -2.29. The van der Waals surface area contributed by atoms with E-state index in [0.29, 0.717) is 0 Å². The molecule has 0 aromatic heterocycles. The van der Waals surface area contributed by atoms with Gasteiger partial charge in [-0.15, -0.1) is 0 Å². The molecule has 1 saturated heterocycles. The van der Waals surface area contributed by atoms with Crippen molar-refractivity contribution in [2.24, 2.45) is 0 Å². The van der Waals surface area contributed by atoms with Crippen LogP contribution in [0.2, 0.25) is 0 Å². The molecule has 2 heterocycles. The molecule has 2 aliphatic heterocycles.